The zero-order chi connectivity index (χ0) is 29.0. The molecule has 0 aliphatic carbocycles. The number of carbonyl (C=O) groups is 3. The zero-order valence-corrected chi connectivity index (χ0v) is 23.8. The second kappa shape index (κ2) is 12.1. The van der Waals surface area contributed by atoms with Gasteiger partial charge >= 0.3 is 0 Å². The number of anilines is 1. The van der Waals surface area contributed by atoms with Crippen molar-refractivity contribution in [2.45, 2.75) is 33.1 Å². The Kier molecular flexibility index (Phi) is 8.76. The second-order valence-corrected chi connectivity index (χ2v) is 10.9. The molecule has 0 spiro atoms. The average Bonchev–Trinajstić information content (AvgIpc) is 2.93. The Morgan fingerprint density at radius 1 is 1.02 bits per heavy atom. The van der Waals surface area contributed by atoms with Gasteiger partial charge in [0, 0.05) is 30.6 Å². The van der Waals surface area contributed by atoms with Crippen molar-refractivity contribution in [3.05, 3.63) is 64.7 Å². The highest BCUT2D eigenvalue weighted by molar-refractivity contribution is 6.48. The van der Waals surface area contributed by atoms with Crippen LogP contribution in [0.3, 0.4) is 0 Å². The molecule has 1 heterocycles. The summed E-state index contributed by atoms with van der Waals surface area (Å²) in [7, 11) is 1.39. The van der Waals surface area contributed by atoms with Gasteiger partial charge in [0.2, 0.25) is 0 Å². The molecule has 0 aromatic heterocycles. The molecule has 1 aliphatic heterocycles. The summed E-state index contributed by atoms with van der Waals surface area (Å²) in [5, 5.41) is 4.06. The van der Waals surface area contributed by atoms with Gasteiger partial charge in [0.25, 0.3) is 17.6 Å². The Balaban J connectivity index is 1.63. The molecule has 0 unspecified atom stereocenters. The van der Waals surface area contributed by atoms with E-state index in [0.29, 0.717) is 23.3 Å². The van der Waals surface area contributed by atoms with Crippen LogP contribution in [0.4, 0.5) is 5.69 Å². The highest BCUT2D eigenvalue weighted by Crippen LogP contribution is 2.39. The third kappa shape index (κ3) is 6.11. The van der Waals surface area contributed by atoms with Crippen LogP contribution in [-0.2, 0) is 14.9 Å². The Labute approximate surface area is 234 Å². The number of carbonyl (C=O) groups excluding carboxylic acids is 3. The topological polar surface area (TPSA) is 120 Å². The van der Waals surface area contributed by atoms with Crippen molar-refractivity contribution < 1.29 is 28.6 Å². The quantitative estimate of drug-likeness (QED) is 0.306. The van der Waals surface area contributed by atoms with Crippen LogP contribution < -0.4 is 20.5 Å². The molecule has 1 saturated heterocycles. The maximum Gasteiger partial charge on any atom is 0.296 e. The van der Waals surface area contributed by atoms with Crippen LogP contribution in [0.5, 0.6) is 11.5 Å². The number of rotatable bonds is 9. The molecule has 9 heteroatoms. The maximum atomic E-state index is 13.5. The summed E-state index contributed by atoms with van der Waals surface area (Å²) in [6, 6.07) is 12.4. The van der Waals surface area contributed by atoms with E-state index in [1.807, 2.05) is 45.9 Å². The lowest BCUT2D eigenvalue weighted by atomic mass is 9.82. The Bertz CT molecular complexity index is 1440. The second-order valence-electron chi connectivity index (χ2n) is 10.9. The summed E-state index contributed by atoms with van der Waals surface area (Å²) in [6.45, 7) is 12.2. The lowest BCUT2D eigenvalue weighted by Gasteiger charge is -2.26. The normalized spacial score (nSPS) is 14.1. The molecule has 1 aliphatic rings. The van der Waals surface area contributed by atoms with E-state index >= 15 is 0 Å². The molecular formula is C31H37N3O6. The van der Waals surface area contributed by atoms with Gasteiger partial charge < -0.3 is 25.3 Å². The summed E-state index contributed by atoms with van der Waals surface area (Å²) < 4.78 is 17.0. The van der Waals surface area contributed by atoms with Gasteiger partial charge in [-0.1, -0.05) is 45.0 Å². The molecule has 2 amide bonds. The lowest BCUT2D eigenvalue weighted by molar-refractivity contribution is -0.112. The molecule has 0 radical (unpaired) electrons. The standard InChI is InChI=1S/C31H37N3O6/c1-19-24(31(2,3)4)18-23(29(32)36)28(38-5)26(19)33-30(37)27(35)22-10-11-25(21-9-7-6-8-20(21)22)40-17-14-34-12-15-39-16-13-34/h6-11,18H,12-17H2,1-5H3,(H2,32,36)(H,33,37). The molecule has 3 aromatic rings. The molecule has 1 fully saturated rings. The van der Waals surface area contributed by atoms with Gasteiger partial charge in [0.05, 0.1) is 31.6 Å². The number of methoxy groups -OCH3 is 1. The number of hydrogen-bond acceptors (Lipinski definition) is 7. The first-order valence-corrected chi connectivity index (χ1v) is 13.3. The predicted octanol–water partition coefficient (Wildman–Crippen LogP) is 4.09. The largest absolute Gasteiger partial charge is 0.494 e. The van der Waals surface area contributed by atoms with E-state index in [9.17, 15) is 14.4 Å². The Morgan fingerprint density at radius 2 is 1.70 bits per heavy atom. The third-order valence-electron chi connectivity index (χ3n) is 7.16. The van der Waals surface area contributed by atoms with Crippen LogP contribution in [0.2, 0.25) is 0 Å². The molecule has 3 aromatic carbocycles. The Hall–Kier alpha value is -3.95. The number of nitrogens with one attached hydrogen (secondary N) is 1. The van der Waals surface area contributed by atoms with Gasteiger partial charge in [-0.25, -0.2) is 0 Å². The summed E-state index contributed by atoms with van der Waals surface area (Å²) in [5.41, 5.74) is 7.38. The maximum absolute atomic E-state index is 13.5. The molecule has 0 bridgehead atoms. The average molecular weight is 548 g/mol. The number of morpholine rings is 1. The number of ketones is 1. The van der Waals surface area contributed by atoms with Gasteiger partial charge in [-0.3, -0.25) is 19.3 Å². The number of nitrogens with zero attached hydrogens (tertiary/aromatic N) is 1. The first-order chi connectivity index (χ1) is 19.0. The van der Waals surface area contributed by atoms with Crippen LogP contribution in [0.1, 0.15) is 52.6 Å². The number of benzene rings is 3. The third-order valence-corrected chi connectivity index (χ3v) is 7.16. The van der Waals surface area contributed by atoms with Gasteiger partial charge in [-0.2, -0.15) is 0 Å². The molecule has 0 saturated carbocycles. The highest BCUT2D eigenvalue weighted by atomic mass is 16.5. The first-order valence-electron chi connectivity index (χ1n) is 13.3. The molecule has 4 rings (SSSR count). The van der Waals surface area contributed by atoms with Crippen molar-refractivity contribution in [3.63, 3.8) is 0 Å². The number of Topliss-reactive ketones (excluding diaryl/α,β-unsaturated/α-hetero) is 1. The monoisotopic (exact) mass is 547 g/mol. The van der Waals surface area contributed by atoms with Crippen molar-refractivity contribution in [1.82, 2.24) is 4.90 Å². The summed E-state index contributed by atoms with van der Waals surface area (Å²) in [6.07, 6.45) is 0. The molecule has 40 heavy (non-hydrogen) atoms. The van der Waals surface area contributed by atoms with E-state index in [2.05, 4.69) is 10.2 Å². The number of amides is 2. The number of primary amides is 1. The smallest absolute Gasteiger partial charge is 0.296 e. The summed E-state index contributed by atoms with van der Waals surface area (Å²) >= 11 is 0. The molecule has 0 atom stereocenters. The van der Waals surface area contributed by atoms with E-state index in [-0.39, 0.29) is 28.0 Å². The number of hydrogen-bond donors (Lipinski definition) is 2. The van der Waals surface area contributed by atoms with Crippen molar-refractivity contribution in [2.24, 2.45) is 5.73 Å². The van der Waals surface area contributed by atoms with Gasteiger partial charge in [-0.15, -0.1) is 0 Å². The van der Waals surface area contributed by atoms with Crippen LogP contribution >= 0.6 is 0 Å². The van der Waals surface area contributed by atoms with Crippen molar-refractivity contribution in [1.29, 1.82) is 0 Å². The minimum atomic E-state index is -0.853. The Morgan fingerprint density at radius 3 is 2.33 bits per heavy atom. The molecule has 9 nitrogen and oxygen atoms in total. The minimum absolute atomic E-state index is 0.119. The van der Waals surface area contributed by atoms with Gasteiger partial charge in [0.15, 0.2) is 5.75 Å². The zero-order valence-electron chi connectivity index (χ0n) is 23.8. The SMILES string of the molecule is COc1c(C(N)=O)cc(C(C)(C)C)c(C)c1NC(=O)C(=O)c1ccc(OCCN2CCOCC2)c2ccccc12. The molecular weight excluding hydrogens is 510 g/mol. The first kappa shape index (κ1) is 29.0. The lowest BCUT2D eigenvalue weighted by Crippen LogP contribution is -2.38. The van der Waals surface area contributed by atoms with Crippen LogP contribution in [0.25, 0.3) is 10.8 Å². The number of fused-ring (bicyclic) bond motifs is 1. The van der Waals surface area contributed by atoms with Crippen LogP contribution in [-0.4, -0.2) is 69.1 Å². The fraction of sp³-hybridized carbons (Fsp3) is 0.387. The fourth-order valence-corrected chi connectivity index (χ4v) is 5.08. The van der Waals surface area contributed by atoms with Gasteiger partial charge in [-0.05, 0) is 47.1 Å². The van der Waals surface area contributed by atoms with Crippen molar-refractivity contribution in [2.75, 3.05) is 51.9 Å². The van der Waals surface area contributed by atoms with Crippen molar-refractivity contribution >= 4 is 34.1 Å². The summed E-state index contributed by atoms with van der Waals surface area (Å²) in [4.78, 5) is 41.4. The fourth-order valence-electron chi connectivity index (χ4n) is 5.08. The number of ether oxygens (including phenoxy) is 3. The molecule has 3 N–H and O–H groups in total. The molecule has 212 valence electrons. The van der Waals surface area contributed by atoms with E-state index < -0.39 is 17.6 Å². The van der Waals surface area contributed by atoms with Crippen LogP contribution in [0.15, 0.2) is 42.5 Å². The van der Waals surface area contributed by atoms with E-state index in [4.69, 9.17) is 19.9 Å². The number of nitrogens with two attached hydrogens (primary N) is 1. The van der Waals surface area contributed by atoms with Crippen LogP contribution in [0, 0.1) is 6.92 Å². The minimum Gasteiger partial charge on any atom is -0.494 e. The van der Waals surface area contributed by atoms with Gasteiger partial charge in [0.1, 0.15) is 12.4 Å². The van der Waals surface area contributed by atoms with E-state index in [0.717, 1.165) is 43.8 Å². The summed E-state index contributed by atoms with van der Waals surface area (Å²) in [5.74, 6) is -1.51. The predicted molar refractivity (Wildman–Crippen MR) is 155 cm³/mol. The van der Waals surface area contributed by atoms with E-state index in [1.54, 1.807) is 24.3 Å². The van der Waals surface area contributed by atoms with E-state index in [1.165, 1.54) is 7.11 Å². The van der Waals surface area contributed by atoms with Crippen molar-refractivity contribution in [3.8, 4) is 11.5 Å². The highest BCUT2D eigenvalue weighted by Gasteiger charge is 2.28.